The summed E-state index contributed by atoms with van der Waals surface area (Å²) in [6.07, 6.45) is 2.43. The first-order chi connectivity index (χ1) is 13.6. The highest BCUT2D eigenvalue weighted by Crippen LogP contribution is 2.57. The molecular formula is C23H26O6. The van der Waals surface area contributed by atoms with Crippen LogP contribution in [0.1, 0.15) is 66.8 Å². The number of aliphatic hydroxyl groups excluding tert-OH is 1. The predicted molar refractivity (Wildman–Crippen MR) is 106 cm³/mol. The van der Waals surface area contributed by atoms with Gasteiger partial charge in [0.15, 0.2) is 11.5 Å². The second-order valence-corrected chi connectivity index (χ2v) is 8.51. The lowest BCUT2D eigenvalue weighted by Gasteiger charge is -2.40. The molecule has 2 N–H and O–H groups in total. The van der Waals surface area contributed by atoms with Crippen molar-refractivity contribution in [2.45, 2.75) is 58.2 Å². The smallest absolute Gasteiger partial charge is 0.228 e. The number of aromatic hydroxyl groups is 1. The van der Waals surface area contributed by atoms with E-state index in [1.54, 1.807) is 6.92 Å². The number of aliphatic hydroxyl groups is 1. The van der Waals surface area contributed by atoms with Gasteiger partial charge in [-0.3, -0.25) is 9.59 Å². The van der Waals surface area contributed by atoms with Gasteiger partial charge in [0.05, 0.1) is 18.8 Å². The fourth-order valence-electron chi connectivity index (χ4n) is 5.06. The molecule has 0 saturated heterocycles. The Morgan fingerprint density at radius 1 is 1.24 bits per heavy atom. The molecule has 4 unspecified atom stereocenters. The first-order valence-electron chi connectivity index (χ1n) is 9.88. The van der Waals surface area contributed by atoms with E-state index in [1.165, 1.54) is 13.2 Å². The maximum atomic E-state index is 13.1. The highest BCUT2D eigenvalue weighted by molar-refractivity contribution is 6.27. The van der Waals surface area contributed by atoms with Gasteiger partial charge in [0.2, 0.25) is 5.78 Å². The number of rotatable bonds is 2. The van der Waals surface area contributed by atoms with Crippen LogP contribution in [-0.2, 0) is 10.2 Å². The van der Waals surface area contributed by atoms with Crippen molar-refractivity contribution in [3.8, 4) is 11.5 Å². The Hall–Kier alpha value is -2.60. The van der Waals surface area contributed by atoms with Crippen molar-refractivity contribution in [2.24, 2.45) is 5.92 Å². The number of hydrogen-bond donors (Lipinski definition) is 2. The minimum Gasteiger partial charge on any atom is -0.507 e. The first kappa shape index (κ1) is 19.7. The molecule has 0 bridgehead atoms. The highest BCUT2D eigenvalue weighted by atomic mass is 16.5. The third kappa shape index (κ3) is 2.51. The number of fused-ring (bicyclic) bond motifs is 3. The van der Waals surface area contributed by atoms with Gasteiger partial charge in [0, 0.05) is 22.1 Å². The Morgan fingerprint density at radius 3 is 2.55 bits per heavy atom. The zero-order valence-electron chi connectivity index (χ0n) is 17.3. The molecule has 0 saturated carbocycles. The van der Waals surface area contributed by atoms with Gasteiger partial charge in [-0.05, 0) is 51.2 Å². The van der Waals surface area contributed by atoms with E-state index in [4.69, 9.17) is 9.47 Å². The number of phenols is 1. The molecule has 0 amide bonds. The largest absolute Gasteiger partial charge is 0.507 e. The Bertz CT molecular complexity index is 1000. The third-order valence-corrected chi connectivity index (χ3v) is 7.11. The van der Waals surface area contributed by atoms with Crippen molar-refractivity contribution in [3.05, 3.63) is 45.7 Å². The predicted octanol–water partition coefficient (Wildman–Crippen LogP) is 3.45. The van der Waals surface area contributed by atoms with Crippen LogP contribution in [0.3, 0.4) is 0 Å². The van der Waals surface area contributed by atoms with Gasteiger partial charge in [-0.1, -0.05) is 13.0 Å². The van der Waals surface area contributed by atoms with E-state index in [0.717, 1.165) is 12.0 Å². The molecule has 0 spiro atoms. The lowest BCUT2D eigenvalue weighted by Crippen LogP contribution is -2.43. The van der Waals surface area contributed by atoms with Crippen LogP contribution >= 0.6 is 0 Å². The highest BCUT2D eigenvalue weighted by Gasteiger charge is 2.53. The lowest BCUT2D eigenvalue weighted by molar-refractivity contribution is 0.0813. The summed E-state index contributed by atoms with van der Waals surface area (Å²) in [7, 11) is 1.35. The van der Waals surface area contributed by atoms with Crippen molar-refractivity contribution >= 4 is 11.6 Å². The van der Waals surface area contributed by atoms with E-state index in [1.807, 2.05) is 26.8 Å². The van der Waals surface area contributed by atoms with Crippen molar-refractivity contribution in [1.82, 2.24) is 0 Å². The molecule has 0 fully saturated rings. The zero-order valence-corrected chi connectivity index (χ0v) is 17.3. The number of allylic oxidation sites excluding steroid dienone is 3. The fraction of sp³-hybridized carbons (Fsp3) is 0.478. The summed E-state index contributed by atoms with van der Waals surface area (Å²) in [6, 6.07) is 1.36. The van der Waals surface area contributed by atoms with Gasteiger partial charge in [0.1, 0.15) is 17.6 Å². The van der Waals surface area contributed by atoms with Crippen LogP contribution in [0.25, 0.3) is 0 Å². The molecule has 4 atom stereocenters. The Labute approximate surface area is 169 Å². The van der Waals surface area contributed by atoms with Crippen molar-refractivity contribution in [2.75, 3.05) is 7.11 Å². The van der Waals surface area contributed by atoms with Crippen LogP contribution in [0.2, 0.25) is 0 Å². The van der Waals surface area contributed by atoms with Crippen molar-refractivity contribution in [1.29, 1.82) is 0 Å². The Morgan fingerprint density at radius 2 is 1.93 bits per heavy atom. The monoisotopic (exact) mass is 398 g/mol. The minimum atomic E-state index is -0.616. The molecule has 0 aromatic heterocycles. The summed E-state index contributed by atoms with van der Waals surface area (Å²) in [6.45, 7) is 7.37. The molecule has 1 heterocycles. The molecular weight excluding hydrogens is 372 g/mol. The topological polar surface area (TPSA) is 93.1 Å². The average Bonchev–Trinajstić information content (AvgIpc) is 2.95. The van der Waals surface area contributed by atoms with Crippen molar-refractivity contribution < 1.29 is 29.3 Å². The van der Waals surface area contributed by atoms with E-state index >= 15 is 0 Å². The van der Waals surface area contributed by atoms with E-state index in [0.29, 0.717) is 12.0 Å². The second-order valence-electron chi connectivity index (χ2n) is 8.51. The minimum absolute atomic E-state index is 0.00771. The quantitative estimate of drug-likeness (QED) is 0.742. The van der Waals surface area contributed by atoms with Gasteiger partial charge in [-0.2, -0.15) is 0 Å². The summed E-state index contributed by atoms with van der Waals surface area (Å²) in [5, 5.41) is 21.3. The Balaban J connectivity index is 1.91. The van der Waals surface area contributed by atoms with Gasteiger partial charge in [-0.25, -0.2) is 0 Å². The van der Waals surface area contributed by atoms with E-state index in [9.17, 15) is 19.8 Å². The molecule has 29 heavy (non-hydrogen) atoms. The average molecular weight is 398 g/mol. The number of ketones is 2. The molecule has 3 aliphatic rings. The normalized spacial score (nSPS) is 31.2. The number of methoxy groups -OCH3 is 1. The number of hydrogen-bond acceptors (Lipinski definition) is 6. The molecule has 0 radical (unpaired) electrons. The van der Waals surface area contributed by atoms with Crippen molar-refractivity contribution in [3.63, 3.8) is 0 Å². The van der Waals surface area contributed by atoms with Crippen LogP contribution in [0.4, 0.5) is 0 Å². The summed E-state index contributed by atoms with van der Waals surface area (Å²) >= 11 is 0. The Kier molecular flexibility index (Phi) is 4.39. The van der Waals surface area contributed by atoms with Crippen LogP contribution in [0.5, 0.6) is 11.5 Å². The SMILES string of the molecule is COC1=C(C)C(=O)c2c(cc(O)c3c2OC(C)C3(C)C2CC=C(C)C(O)C2)C1=O. The fourth-order valence-corrected chi connectivity index (χ4v) is 5.06. The standard InChI is InChI=1S/C23H26O6/c1-10-6-7-13(8-15(10)24)23(4)12(3)29-22-17-14(9-16(25)18(22)23)20(27)21(28-5)11(2)19(17)26/h6,9,12-13,15,24-25H,7-8H2,1-5H3. The zero-order chi connectivity index (χ0) is 21.2. The van der Waals surface area contributed by atoms with Crippen LogP contribution in [-0.4, -0.2) is 41.1 Å². The maximum absolute atomic E-state index is 13.1. The van der Waals surface area contributed by atoms with Gasteiger partial charge in [-0.15, -0.1) is 0 Å². The molecule has 4 rings (SSSR count). The summed E-state index contributed by atoms with van der Waals surface area (Å²) in [5.41, 5.74) is 1.40. The molecule has 1 aliphatic heterocycles. The molecule has 1 aromatic rings. The first-order valence-corrected chi connectivity index (χ1v) is 9.88. The van der Waals surface area contributed by atoms with Crippen LogP contribution in [0, 0.1) is 5.92 Å². The van der Waals surface area contributed by atoms with E-state index in [2.05, 4.69) is 0 Å². The van der Waals surface area contributed by atoms with E-state index < -0.39 is 17.3 Å². The number of carbonyl (C=O) groups is 2. The number of ether oxygens (including phenoxy) is 2. The van der Waals surface area contributed by atoms with Gasteiger partial charge < -0.3 is 19.7 Å². The molecule has 154 valence electrons. The number of Topliss-reactive ketones (excluding diaryl/α,β-unsaturated/α-hetero) is 2. The molecule has 1 aromatic carbocycles. The molecule has 2 aliphatic carbocycles. The molecule has 6 heteroatoms. The lowest BCUT2D eigenvalue weighted by atomic mass is 9.63. The van der Waals surface area contributed by atoms with Crippen LogP contribution < -0.4 is 4.74 Å². The number of phenolic OH excluding ortho intramolecular Hbond substituents is 1. The summed E-state index contributed by atoms with van der Waals surface area (Å²) in [5.74, 6) is -0.544. The molecule has 6 nitrogen and oxygen atoms in total. The van der Waals surface area contributed by atoms with Crippen LogP contribution in [0.15, 0.2) is 29.0 Å². The van der Waals surface area contributed by atoms with E-state index in [-0.39, 0.29) is 51.8 Å². The van der Waals surface area contributed by atoms with Gasteiger partial charge in [0.25, 0.3) is 0 Å². The second kappa shape index (κ2) is 6.46. The maximum Gasteiger partial charge on any atom is 0.228 e. The number of benzene rings is 1. The van der Waals surface area contributed by atoms with Gasteiger partial charge >= 0.3 is 0 Å². The summed E-state index contributed by atoms with van der Waals surface area (Å²) in [4.78, 5) is 25.9. The summed E-state index contributed by atoms with van der Waals surface area (Å²) < 4.78 is 11.3. The third-order valence-electron chi connectivity index (χ3n) is 7.11. The number of carbonyl (C=O) groups excluding carboxylic acids is 2.